The van der Waals surface area contributed by atoms with Gasteiger partial charge in [-0.2, -0.15) is 10.2 Å². The predicted molar refractivity (Wildman–Crippen MR) is 117 cm³/mol. The molecule has 0 aliphatic heterocycles. The first-order valence-corrected chi connectivity index (χ1v) is 9.82. The third kappa shape index (κ3) is 4.89. The van der Waals surface area contributed by atoms with Gasteiger partial charge >= 0.3 is 0 Å². The quantitative estimate of drug-likeness (QED) is 0.441. The van der Waals surface area contributed by atoms with Gasteiger partial charge in [-0.25, -0.2) is 9.36 Å². The first-order chi connectivity index (χ1) is 14.2. The van der Waals surface area contributed by atoms with E-state index in [0.29, 0.717) is 12.4 Å². The lowest BCUT2D eigenvalue weighted by Gasteiger charge is -2.08. The molecule has 6 nitrogen and oxygen atoms in total. The van der Waals surface area contributed by atoms with Crippen LogP contribution >= 0.6 is 15.9 Å². The summed E-state index contributed by atoms with van der Waals surface area (Å²) in [5.41, 5.74) is 2.90. The van der Waals surface area contributed by atoms with E-state index in [1.807, 2.05) is 60.8 Å². The van der Waals surface area contributed by atoms with E-state index in [2.05, 4.69) is 31.4 Å². The fourth-order valence-electron chi connectivity index (χ4n) is 2.81. The average Bonchev–Trinajstić information content (AvgIpc) is 3.39. The number of aromatic nitrogens is 4. The minimum Gasteiger partial charge on any atom is -0.307 e. The second-order valence-corrected chi connectivity index (χ2v) is 7.29. The Kier molecular flexibility index (Phi) is 5.67. The molecular weight excluding hydrogens is 430 g/mol. The van der Waals surface area contributed by atoms with Crippen LogP contribution in [0, 0.1) is 0 Å². The van der Waals surface area contributed by atoms with Crippen LogP contribution in [-0.2, 0) is 11.3 Å². The zero-order valence-electron chi connectivity index (χ0n) is 15.4. The van der Waals surface area contributed by atoms with Crippen LogP contribution < -0.4 is 5.32 Å². The van der Waals surface area contributed by atoms with E-state index >= 15 is 0 Å². The molecule has 0 unspecified atom stereocenters. The van der Waals surface area contributed by atoms with Gasteiger partial charge in [0.15, 0.2) is 0 Å². The van der Waals surface area contributed by atoms with Crippen molar-refractivity contribution < 1.29 is 4.79 Å². The van der Waals surface area contributed by atoms with Gasteiger partial charge in [0, 0.05) is 28.4 Å². The van der Waals surface area contributed by atoms with Gasteiger partial charge in [0.2, 0.25) is 5.91 Å². The number of nitrogens with zero attached hydrogens (tertiary/aromatic N) is 4. The SMILES string of the molecule is O=C(/C=C/c1cnn(-c2ccccc2)c1)Nc1ccnn1Cc1ccc(Br)cc1. The van der Waals surface area contributed by atoms with E-state index in [1.54, 1.807) is 33.9 Å². The standard InChI is InChI=1S/C22H18BrN5O/c23-19-9-6-17(7-10-19)15-28-21(12-13-24-28)26-22(29)11-8-18-14-25-27(16-18)20-4-2-1-3-5-20/h1-14,16H,15H2,(H,26,29)/b11-8+. The molecule has 4 aromatic rings. The Balaban J connectivity index is 1.40. The zero-order valence-corrected chi connectivity index (χ0v) is 17.0. The summed E-state index contributed by atoms with van der Waals surface area (Å²) in [5.74, 6) is 0.414. The first-order valence-electron chi connectivity index (χ1n) is 9.03. The van der Waals surface area contributed by atoms with Crippen molar-refractivity contribution >= 4 is 33.7 Å². The number of benzene rings is 2. The zero-order chi connectivity index (χ0) is 20.1. The van der Waals surface area contributed by atoms with Crippen molar-refractivity contribution in [3.63, 3.8) is 0 Å². The number of rotatable bonds is 6. The summed E-state index contributed by atoms with van der Waals surface area (Å²) < 4.78 is 4.55. The van der Waals surface area contributed by atoms with Crippen LogP contribution in [0.25, 0.3) is 11.8 Å². The fourth-order valence-corrected chi connectivity index (χ4v) is 3.08. The highest BCUT2D eigenvalue weighted by atomic mass is 79.9. The van der Waals surface area contributed by atoms with Crippen LogP contribution in [0.4, 0.5) is 5.82 Å². The maximum atomic E-state index is 12.3. The second-order valence-electron chi connectivity index (χ2n) is 6.38. The van der Waals surface area contributed by atoms with Gasteiger partial charge in [0.25, 0.3) is 0 Å². The third-order valence-electron chi connectivity index (χ3n) is 4.26. The van der Waals surface area contributed by atoms with E-state index in [-0.39, 0.29) is 5.91 Å². The maximum absolute atomic E-state index is 12.3. The van der Waals surface area contributed by atoms with Crippen LogP contribution in [0.5, 0.6) is 0 Å². The number of hydrogen-bond donors (Lipinski definition) is 1. The van der Waals surface area contributed by atoms with Crippen molar-refractivity contribution in [3.05, 3.63) is 101 Å². The van der Waals surface area contributed by atoms with Crippen LogP contribution in [0.2, 0.25) is 0 Å². The Labute approximate surface area is 176 Å². The molecule has 0 saturated carbocycles. The van der Waals surface area contributed by atoms with Crippen LogP contribution in [0.3, 0.4) is 0 Å². The summed E-state index contributed by atoms with van der Waals surface area (Å²) >= 11 is 3.43. The van der Waals surface area contributed by atoms with Gasteiger partial charge in [-0.05, 0) is 35.9 Å². The van der Waals surface area contributed by atoms with E-state index in [9.17, 15) is 4.79 Å². The number of halogens is 1. The number of para-hydroxylation sites is 1. The lowest BCUT2D eigenvalue weighted by atomic mass is 10.2. The molecule has 2 aromatic carbocycles. The Morgan fingerprint density at radius 2 is 1.83 bits per heavy atom. The van der Waals surface area contributed by atoms with Gasteiger partial charge in [-0.3, -0.25) is 4.79 Å². The predicted octanol–water partition coefficient (Wildman–Crippen LogP) is 4.53. The molecule has 7 heteroatoms. The summed E-state index contributed by atoms with van der Waals surface area (Å²) in [6.07, 6.45) is 8.48. The Morgan fingerprint density at radius 3 is 2.62 bits per heavy atom. The highest BCUT2D eigenvalue weighted by Gasteiger charge is 2.06. The summed E-state index contributed by atoms with van der Waals surface area (Å²) in [4.78, 5) is 12.3. The van der Waals surface area contributed by atoms with Crippen molar-refractivity contribution in [3.8, 4) is 5.69 Å². The maximum Gasteiger partial charge on any atom is 0.249 e. The smallest absolute Gasteiger partial charge is 0.249 e. The average molecular weight is 448 g/mol. The molecule has 0 atom stereocenters. The van der Waals surface area contributed by atoms with E-state index in [4.69, 9.17) is 0 Å². The monoisotopic (exact) mass is 447 g/mol. The molecule has 0 bridgehead atoms. The molecule has 4 rings (SSSR count). The van der Waals surface area contributed by atoms with Crippen LogP contribution in [-0.4, -0.2) is 25.5 Å². The number of amides is 1. The molecule has 0 aliphatic rings. The van der Waals surface area contributed by atoms with Crippen molar-refractivity contribution in [1.82, 2.24) is 19.6 Å². The van der Waals surface area contributed by atoms with E-state index in [0.717, 1.165) is 21.3 Å². The molecule has 0 saturated heterocycles. The van der Waals surface area contributed by atoms with E-state index < -0.39 is 0 Å². The topological polar surface area (TPSA) is 64.7 Å². The highest BCUT2D eigenvalue weighted by molar-refractivity contribution is 9.10. The fraction of sp³-hybridized carbons (Fsp3) is 0.0455. The van der Waals surface area contributed by atoms with Gasteiger partial charge in [0.1, 0.15) is 5.82 Å². The van der Waals surface area contributed by atoms with Crippen molar-refractivity contribution in [2.45, 2.75) is 6.54 Å². The molecule has 144 valence electrons. The minimum absolute atomic E-state index is 0.227. The van der Waals surface area contributed by atoms with Gasteiger partial charge in [0.05, 0.1) is 24.6 Å². The molecule has 1 amide bonds. The van der Waals surface area contributed by atoms with Crippen LogP contribution in [0.1, 0.15) is 11.1 Å². The molecule has 0 fully saturated rings. The number of hydrogen-bond acceptors (Lipinski definition) is 3. The molecule has 0 aliphatic carbocycles. The molecule has 0 radical (unpaired) electrons. The molecular formula is C22H18BrN5O. The van der Waals surface area contributed by atoms with Gasteiger partial charge in [-0.15, -0.1) is 0 Å². The molecule has 2 heterocycles. The Hall–Kier alpha value is -3.45. The van der Waals surface area contributed by atoms with E-state index in [1.165, 1.54) is 6.08 Å². The normalized spacial score (nSPS) is 11.1. The van der Waals surface area contributed by atoms with Crippen LogP contribution in [0.15, 0.2) is 89.8 Å². The molecule has 0 spiro atoms. The number of carbonyl (C=O) groups excluding carboxylic acids is 1. The summed E-state index contributed by atoms with van der Waals surface area (Å²) in [7, 11) is 0. The van der Waals surface area contributed by atoms with Crippen molar-refractivity contribution in [1.29, 1.82) is 0 Å². The largest absolute Gasteiger partial charge is 0.307 e. The number of nitrogens with one attached hydrogen (secondary N) is 1. The molecule has 2 aromatic heterocycles. The summed E-state index contributed by atoms with van der Waals surface area (Å²) in [5, 5.41) is 11.5. The molecule has 29 heavy (non-hydrogen) atoms. The Morgan fingerprint density at radius 1 is 1.03 bits per heavy atom. The highest BCUT2D eigenvalue weighted by Crippen LogP contribution is 2.14. The lowest BCUT2D eigenvalue weighted by Crippen LogP contribution is -2.13. The third-order valence-corrected chi connectivity index (χ3v) is 4.79. The molecule has 1 N–H and O–H groups in total. The van der Waals surface area contributed by atoms with Gasteiger partial charge in [-0.1, -0.05) is 46.3 Å². The second kappa shape index (κ2) is 8.70. The number of anilines is 1. The van der Waals surface area contributed by atoms with Crippen molar-refractivity contribution in [2.24, 2.45) is 0 Å². The summed E-state index contributed by atoms with van der Waals surface area (Å²) in [6.45, 7) is 0.573. The van der Waals surface area contributed by atoms with Crippen molar-refractivity contribution in [2.75, 3.05) is 5.32 Å². The number of carbonyl (C=O) groups is 1. The first kappa shape index (κ1) is 18.9. The summed E-state index contributed by atoms with van der Waals surface area (Å²) in [6, 6.07) is 19.6. The van der Waals surface area contributed by atoms with Gasteiger partial charge < -0.3 is 5.32 Å². The lowest BCUT2D eigenvalue weighted by molar-refractivity contribution is -0.111. The Bertz CT molecular complexity index is 1130. The minimum atomic E-state index is -0.227.